The monoisotopic (exact) mass is 185 g/mol. The number of rotatable bonds is 2. The van der Waals surface area contributed by atoms with Crippen LogP contribution in [0.2, 0.25) is 5.02 Å². The molecule has 0 fully saturated rings. The highest BCUT2D eigenvalue weighted by atomic mass is 35.5. The normalized spacial score (nSPS) is 12.7. The first-order chi connectivity index (χ1) is 5.65. The molecule has 66 valence electrons. The van der Waals surface area contributed by atoms with Crippen LogP contribution in [0.15, 0.2) is 18.2 Å². The van der Waals surface area contributed by atoms with E-state index in [-0.39, 0.29) is 6.04 Å². The number of hydrogen-bond acceptors (Lipinski definition) is 2. The van der Waals surface area contributed by atoms with Gasteiger partial charge < -0.3 is 10.5 Å². The molecule has 1 atom stereocenters. The Morgan fingerprint density at radius 3 is 2.58 bits per heavy atom. The average molecular weight is 186 g/mol. The highest BCUT2D eigenvalue weighted by molar-refractivity contribution is 6.31. The first-order valence-corrected chi connectivity index (χ1v) is 4.12. The second-order valence-electron chi connectivity index (χ2n) is 2.68. The summed E-state index contributed by atoms with van der Waals surface area (Å²) in [4.78, 5) is 0. The van der Waals surface area contributed by atoms with Crippen LogP contribution < -0.4 is 10.5 Å². The van der Waals surface area contributed by atoms with Gasteiger partial charge in [-0.05, 0) is 24.6 Å². The van der Waals surface area contributed by atoms with Crippen molar-refractivity contribution in [3.05, 3.63) is 28.8 Å². The molecule has 0 saturated carbocycles. The number of halogens is 1. The summed E-state index contributed by atoms with van der Waals surface area (Å²) in [6.07, 6.45) is 0. The fraction of sp³-hybridized carbons (Fsp3) is 0.333. The second kappa shape index (κ2) is 3.78. The zero-order valence-electron chi connectivity index (χ0n) is 7.17. The van der Waals surface area contributed by atoms with Crippen LogP contribution in [0.4, 0.5) is 0 Å². The Kier molecular flexibility index (Phi) is 2.95. The third kappa shape index (κ3) is 1.90. The van der Waals surface area contributed by atoms with Crippen molar-refractivity contribution in [1.29, 1.82) is 0 Å². The van der Waals surface area contributed by atoms with Crippen molar-refractivity contribution >= 4 is 11.6 Å². The summed E-state index contributed by atoms with van der Waals surface area (Å²) in [7, 11) is 1.61. The maximum absolute atomic E-state index is 5.94. The van der Waals surface area contributed by atoms with Gasteiger partial charge in [0.2, 0.25) is 0 Å². The van der Waals surface area contributed by atoms with Crippen molar-refractivity contribution in [2.45, 2.75) is 13.0 Å². The quantitative estimate of drug-likeness (QED) is 0.768. The fourth-order valence-corrected chi connectivity index (χ4v) is 1.35. The van der Waals surface area contributed by atoms with Crippen molar-refractivity contribution in [2.75, 3.05) is 7.11 Å². The minimum atomic E-state index is -0.0385. The Bertz CT molecular complexity index is 273. The van der Waals surface area contributed by atoms with Crippen LogP contribution in [0.1, 0.15) is 18.5 Å². The highest BCUT2D eigenvalue weighted by Gasteiger charge is 2.05. The van der Waals surface area contributed by atoms with Gasteiger partial charge in [-0.2, -0.15) is 0 Å². The van der Waals surface area contributed by atoms with Gasteiger partial charge in [-0.3, -0.25) is 0 Å². The van der Waals surface area contributed by atoms with Gasteiger partial charge in [0.1, 0.15) is 5.75 Å². The van der Waals surface area contributed by atoms with Crippen LogP contribution in [0.5, 0.6) is 5.75 Å². The molecule has 1 rings (SSSR count). The largest absolute Gasteiger partial charge is 0.497 e. The molecule has 12 heavy (non-hydrogen) atoms. The van der Waals surface area contributed by atoms with Gasteiger partial charge in [-0.1, -0.05) is 17.7 Å². The molecule has 0 aromatic heterocycles. The molecule has 0 amide bonds. The molecule has 0 unspecified atom stereocenters. The third-order valence-electron chi connectivity index (χ3n) is 1.70. The fourth-order valence-electron chi connectivity index (χ4n) is 1.00. The number of benzene rings is 1. The molecule has 2 nitrogen and oxygen atoms in total. The molecule has 0 radical (unpaired) electrons. The molecular formula is C9H12ClNO. The molecule has 0 saturated heterocycles. The lowest BCUT2D eigenvalue weighted by atomic mass is 10.1. The lowest BCUT2D eigenvalue weighted by Gasteiger charge is -2.08. The van der Waals surface area contributed by atoms with Gasteiger partial charge in [0, 0.05) is 11.1 Å². The van der Waals surface area contributed by atoms with Crippen LogP contribution >= 0.6 is 11.6 Å². The Hall–Kier alpha value is -0.730. The van der Waals surface area contributed by atoms with Crippen molar-refractivity contribution in [2.24, 2.45) is 5.73 Å². The average Bonchev–Trinajstić information content (AvgIpc) is 2.03. The van der Waals surface area contributed by atoms with Gasteiger partial charge >= 0.3 is 0 Å². The lowest BCUT2D eigenvalue weighted by Crippen LogP contribution is -2.05. The summed E-state index contributed by atoms with van der Waals surface area (Å²) in [5.74, 6) is 0.754. The highest BCUT2D eigenvalue weighted by Crippen LogP contribution is 2.25. The van der Waals surface area contributed by atoms with Crippen molar-refractivity contribution in [3.63, 3.8) is 0 Å². The standard InChI is InChI=1S/C9H12ClNO/c1-6(11)8-4-3-7(12-2)5-9(8)10/h3-6H,11H2,1-2H3/t6-/m1/s1. The SMILES string of the molecule is COc1ccc([C@@H](C)N)c(Cl)c1. The van der Waals surface area contributed by atoms with Gasteiger partial charge in [-0.15, -0.1) is 0 Å². The van der Waals surface area contributed by atoms with E-state index in [4.69, 9.17) is 22.1 Å². The summed E-state index contributed by atoms with van der Waals surface area (Å²) in [6.45, 7) is 1.90. The molecule has 0 aliphatic carbocycles. The van der Waals surface area contributed by atoms with E-state index in [2.05, 4.69) is 0 Å². The molecular weight excluding hydrogens is 174 g/mol. The molecule has 0 aliphatic heterocycles. The van der Waals surface area contributed by atoms with Gasteiger partial charge in [-0.25, -0.2) is 0 Å². The van der Waals surface area contributed by atoms with Gasteiger partial charge in [0.15, 0.2) is 0 Å². The van der Waals surface area contributed by atoms with E-state index < -0.39 is 0 Å². The topological polar surface area (TPSA) is 35.2 Å². The van der Waals surface area contributed by atoms with Crippen molar-refractivity contribution < 1.29 is 4.74 Å². The minimum Gasteiger partial charge on any atom is -0.497 e. The van der Waals surface area contributed by atoms with E-state index in [0.29, 0.717) is 5.02 Å². The first-order valence-electron chi connectivity index (χ1n) is 3.74. The first kappa shape index (κ1) is 9.36. The number of ether oxygens (including phenoxy) is 1. The van der Waals surface area contributed by atoms with E-state index in [1.165, 1.54) is 0 Å². The Morgan fingerprint density at radius 1 is 1.50 bits per heavy atom. The van der Waals surface area contributed by atoms with Crippen LogP contribution in [0.25, 0.3) is 0 Å². The third-order valence-corrected chi connectivity index (χ3v) is 2.03. The Balaban J connectivity index is 3.03. The van der Waals surface area contributed by atoms with E-state index in [9.17, 15) is 0 Å². The van der Waals surface area contributed by atoms with Gasteiger partial charge in [0.25, 0.3) is 0 Å². The second-order valence-corrected chi connectivity index (χ2v) is 3.08. The predicted molar refractivity (Wildman–Crippen MR) is 50.6 cm³/mol. The number of hydrogen-bond donors (Lipinski definition) is 1. The summed E-state index contributed by atoms with van der Waals surface area (Å²) in [5, 5.41) is 0.657. The van der Waals surface area contributed by atoms with E-state index in [1.54, 1.807) is 13.2 Å². The smallest absolute Gasteiger partial charge is 0.120 e. The Morgan fingerprint density at radius 2 is 2.17 bits per heavy atom. The molecule has 0 spiro atoms. The summed E-state index contributed by atoms with van der Waals surface area (Å²) < 4.78 is 5.00. The maximum Gasteiger partial charge on any atom is 0.120 e. The number of nitrogens with two attached hydrogens (primary N) is 1. The minimum absolute atomic E-state index is 0.0385. The summed E-state index contributed by atoms with van der Waals surface area (Å²) in [5.41, 5.74) is 6.62. The van der Waals surface area contributed by atoms with Crippen LogP contribution in [0, 0.1) is 0 Å². The zero-order chi connectivity index (χ0) is 9.14. The van der Waals surface area contributed by atoms with E-state index >= 15 is 0 Å². The van der Waals surface area contributed by atoms with Crippen molar-refractivity contribution in [3.8, 4) is 5.75 Å². The number of methoxy groups -OCH3 is 1. The maximum atomic E-state index is 5.94. The van der Waals surface area contributed by atoms with Crippen LogP contribution in [0.3, 0.4) is 0 Å². The Labute approximate surface area is 77.3 Å². The molecule has 1 aromatic carbocycles. The zero-order valence-corrected chi connectivity index (χ0v) is 7.93. The van der Waals surface area contributed by atoms with Crippen LogP contribution in [-0.2, 0) is 0 Å². The molecule has 2 N–H and O–H groups in total. The molecule has 1 aromatic rings. The lowest BCUT2D eigenvalue weighted by molar-refractivity contribution is 0.414. The predicted octanol–water partition coefficient (Wildman–Crippen LogP) is 2.37. The molecule has 0 aliphatic rings. The molecule has 3 heteroatoms. The van der Waals surface area contributed by atoms with Crippen LogP contribution in [-0.4, -0.2) is 7.11 Å². The molecule has 0 bridgehead atoms. The summed E-state index contributed by atoms with van der Waals surface area (Å²) in [6, 6.07) is 5.46. The van der Waals surface area contributed by atoms with Gasteiger partial charge in [0.05, 0.1) is 7.11 Å². The summed E-state index contributed by atoms with van der Waals surface area (Å²) >= 11 is 5.94. The molecule has 0 heterocycles. The van der Waals surface area contributed by atoms with E-state index in [1.807, 2.05) is 19.1 Å². The van der Waals surface area contributed by atoms with E-state index in [0.717, 1.165) is 11.3 Å². The van der Waals surface area contributed by atoms with Crippen molar-refractivity contribution in [1.82, 2.24) is 0 Å².